The second-order valence-corrected chi connectivity index (χ2v) is 5.46. The second kappa shape index (κ2) is 8.55. The molecule has 0 amide bonds. The lowest BCUT2D eigenvalue weighted by molar-refractivity contribution is 0.103. The zero-order valence-electron chi connectivity index (χ0n) is 12.3. The molecule has 0 saturated heterocycles. The van der Waals surface area contributed by atoms with Crippen LogP contribution in [0.3, 0.4) is 0 Å². The minimum absolute atomic E-state index is 0.578. The van der Waals surface area contributed by atoms with E-state index in [1.54, 1.807) is 0 Å². The first-order chi connectivity index (χ1) is 9.84. The maximum Gasteiger partial charge on any atom is 0.0494 e. The fourth-order valence-corrected chi connectivity index (χ4v) is 2.38. The van der Waals surface area contributed by atoms with E-state index in [1.165, 1.54) is 11.1 Å². The van der Waals surface area contributed by atoms with Crippen molar-refractivity contribution in [1.82, 2.24) is 0 Å². The van der Waals surface area contributed by atoms with Gasteiger partial charge in [-0.1, -0.05) is 67.6 Å². The highest BCUT2D eigenvalue weighted by atomic mass is 16.5. The standard InChI is InChI=1S/C19H24O/c1-17(15-19-11-6-3-7-12-19)16-20-14-8-13-18-9-4-2-5-10-18/h2-7,9-12,17H,8,13-16H2,1H3. The van der Waals surface area contributed by atoms with Crippen molar-refractivity contribution in [1.29, 1.82) is 0 Å². The Morgan fingerprint density at radius 3 is 2.10 bits per heavy atom. The van der Waals surface area contributed by atoms with E-state index in [0.717, 1.165) is 32.5 Å². The summed E-state index contributed by atoms with van der Waals surface area (Å²) in [5, 5.41) is 0. The first kappa shape index (κ1) is 14.8. The van der Waals surface area contributed by atoms with Crippen molar-refractivity contribution >= 4 is 0 Å². The minimum atomic E-state index is 0.578. The third-order valence-corrected chi connectivity index (χ3v) is 3.43. The zero-order valence-corrected chi connectivity index (χ0v) is 12.3. The molecule has 0 heterocycles. The molecule has 0 aliphatic rings. The van der Waals surface area contributed by atoms with Crippen molar-refractivity contribution < 1.29 is 4.74 Å². The molecule has 1 atom stereocenters. The van der Waals surface area contributed by atoms with Gasteiger partial charge in [0.05, 0.1) is 0 Å². The summed E-state index contributed by atoms with van der Waals surface area (Å²) in [6.45, 7) is 3.96. The Morgan fingerprint density at radius 1 is 0.850 bits per heavy atom. The third-order valence-electron chi connectivity index (χ3n) is 3.43. The van der Waals surface area contributed by atoms with Gasteiger partial charge in [0.25, 0.3) is 0 Å². The smallest absolute Gasteiger partial charge is 0.0494 e. The van der Waals surface area contributed by atoms with E-state index in [-0.39, 0.29) is 0 Å². The van der Waals surface area contributed by atoms with Crippen LogP contribution < -0.4 is 0 Å². The molecule has 0 radical (unpaired) electrons. The molecule has 106 valence electrons. The van der Waals surface area contributed by atoms with Crippen LogP contribution in [-0.2, 0) is 17.6 Å². The molecule has 0 bridgehead atoms. The van der Waals surface area contributed by atoms with E-state index in [4.69, 9.17) is 4.74 Å². The third kappa shape index (κ3) is 5.58. The van der Waals surface area contributed by atoms with Gasteiger partial charge >= 0.3 is 0 Å². The molecule has 0 spiro atoms. The van der Waals surface area contributed by atoms with Gasteiger partial charge in [0.15, 0.2) is 0 Å². The molecule has 0 aliphatic carbocycles. The van der Waals surface area contributed by atoms with E-state index in [0.29, 0.717) is 5.92 Å². The quantitative estimate of drug-likeness (QED) is 0.640. The fourth-order valence-electron chi connectivity index (χ4n) is 2.38. The SMILES string of the molecule is CC(COCCCc1ccccc1)Cc1ccccc1. The van der Waals surface area contributed by atoms with Crippen LogP contribution >= 0.6 is 0 Å². The Labute approximate surface area is 122 Å². The summed E-state index contributed by atoms with van der Waals surface area (Å²) in [7, 11) is 0. The number of hydrogen-bond acceptors (Lipinski definition) is 1. The summed E-state index contributed by atoms with van der Waals surface area (Å²) < 4.78 is 5.79. The van der Waals surface area contributed by atoms with Gasteiger partial charge in [0.2, 0.25) is 0 Å². The molecule has 2 rings (SSSR count). The molecule has 0 N–H and O–H groups in total. The van der Waals surface area contributed by atoms with Crippen molar-refractivity contribution in [3.63, 3.8) is 0 Å². The summed E-state index contributed by atoms with van der Waals surface area (Å²) in [4.78, 5) is 0. The predicted octanol–water partition coefficient (Wildman–Crippen LogP) is 4.51. The average molecular weight is 268 g/mol. The van der Waals surface area contributed by atoms with Crippen LogP contribution in [0, 0.1) is 5.92 Å². The topological polar surface area (TPSA) is 9.23 Å². The highest BCUT2D eigenvalue weighted by Gasteiger charge is 2.03. The van der Waals surface area contributed by atoms with E-state index >= 15 is 0 Å². The number of ether oxygens (including phenoxy) is 1. The molecule has 2 aromatic carbocycles. The van der Waals surface area contributed by atoms with E-state index in [9.17, 15) is 0 Å². The molecule has 0 fully saturated rings. The van der Waals surface area contributed by atoms with Crippen LogP contribution in [0.1, 0.15) is 24.5 Å². The first-order valence-electron chi connectivity index (χ1n) is 7.50. The molecular weight excluding hydrogens is 244 g/mol. The lowest BCUT2D eigenvalue weighted by Gasteiger charge is -2.12. The van der Waals surface area contributed by atoms with E-state index < -0.39 is 0 Å². The van der Waals surface area contributed by atoms with Crippen molar-refractivity contribution in [3.05, 3.63) is 71.8 Å². The van der Waals surface area contributed by atoms with Gasteiger partial charge in [-0.2, -0.15) is 0 Å². The number of hydrogen-bond donors (Lipinski definition) is 0. The maximum absolute atomic E-state index is 5.79. The van der Waals surface area contributed by atoms with Gasteiger partial charge in [0, 0.05) is 13.2 Å². The Hall–Kier alpha value is -1.60. The maximum atomic E-state index is 5.79. The summed E-state index contributed by atoms with van der Waals surface area (Å²) in [5.74, 6) is 0.578. The monoisotopic (exact) mass is 268 g/mol. The molecular formula is C19H24O. The minimum Gasteiger partial charge on any atom is -0.381 e. The Morgan fingerprint density at radius 2 is 1.45 bits per heavy atom. The van der Waals surface area contributed by atoms with Crippen LogP contribution in [0.4, 0.5) is 0 Å². The molecule has 1 unspecified atom stereocenters. The van der Waals surface area contributed by atoms with Crippen molar-refractivity contribution in [2.75, 3.05) is 13.2 Å². The predicted molar refractivity (Wildman–Crippen MR) is 84.9 cm³/mol. The van der Waals surface area contributed by atoms with E-state index in [2.05, 4.69) is 67.6 Å². The Balaban J connectivity index is 1.57. The van der Waals surface area contributed by atoms with Crippen molar-refractivity contribution in [2.45, 2.75) is 26.2 Å². The lowest BCUT2D eigenvalue weighted by Crippen LogP contribution is -2.10. The van der Waals surface area contributed by atoms with Crippen LogP contribution in [0.25, 0.3) is 0 Å². The van der Waals surface area contributed by atoms with Gasteiger partial charge in [-0.15, -0.1) is 0 Å². The number of rotatable bonds is 8. The van der Waals surface area contributed by atoms with E-state index in [1.807, 2.05) is 0 Å². The van der Waals surface area contributed by atoms with Crippen LogP contribution in [0.15, 0.2) is 60.7 Å². The Bertz CT molecular complexity index is 464. The van der Waals surface area contributed by atoms with Gasteiger partial charge in [-0.05, 0) is 36.3 Å². The van der Waals surface area contributed by atoms with Crippen LogP contribution in [0.2, 0.25) is 0 Å². The summed E-state index contributed by atoms with van der Waals surface area (Å²) in [5.41, 5.74) is 2.79. The van der Waals surface area contributed by atoms with Crippen molar-refractivity contribution in [2.24, 2.45) is 5.92 Å². The fraction of sp³-hybridized carbons (Fsp3) is 0.368. The molecule has 1 heteroatoms. The highest BCUT2D eigenvalue weighted by molar-refractivity contribution is 5.15. The first-order valence-corrected chi connectivity index (χ1v) is 7.50. The van der Waals surface area contributed by atoms with Gasteiger partial charge in [-0.3, -0.25) is 0 Å². The molecule has 0 saturated carbocycles. The van der Waals surface area contributed by atoms with Crippen molar-refractivity contribution in [3.8, 4) is 0 Å². The molecule has 2 aromatic rings. The number of benzene rings is 2. The largest absolute Gasteiger partial charge is 0.381 e. The summed E-state index contributed by atoms with van der Waals surface area (Å²) in [6.07, 6.45) is 3.30. The van der Waals surface area contributed by atoms with Crippen LogP contribution in [-0.4, -0.2) is 13.2 Å². The zero-order chi connectivity index (χ0) is 14.0. The molecule has 1 nitrogen and oxygen atoms in total. The molecule has 0 aromatic heterocycles. The van der Waals surface area contributed by atoms with Gasteiger partial charge in [0.1, 0.15) is 0 Å². The lowest BCUT2D eigenvalue weighted by atomic mass is 10.0. The van der Waals surface area contributed by atoms with Crippen LogP contribution in [0.5, 0.6) is 0 Å². The summed E-state index contributed by atoms with van der Waals surface area (Å²) in [6, 6.07) is 21.2. The average Bonchev–Trinajstić information content (AvgIpc) is 2.49. The second-order valence-electron chi connectivity index (χ2n) is 5.46. The van der Waals surface area contributed by atoms with Gasteiger partial charge < -0.3 is 4.74 Å². The Kier molecular flexibility index (Phi) is 6.33. The van der Waals surface area contributed by atoms with Gasteiger partial charge in [-0.25, -0.2) is 0 Å². The normalized spacial score (nSPS) is 12.2. The number of aryl methyl sites for hydroxylation is 1. The molecule has 0 aliphatic heterocycles. The summed E-state index contributed by atoms with van der Waals surface area (Å²) >= 11 is 0. The molecule has 20 heavy (non-hydrogen) atoms. The highest BCUT2D eigenvalue weighted by Crippen LogP contribution is 2.09.